The van der Waals surface area contributed by atoms with Crippen molar-refractivity contribution in [3.05, 3.63) is 47.6 Å². The second-order valence-electron chi connectivity index (χ2n) is 11.6. The molecular weight excluding hydrogens is 424 g/mol. The number of hydrogen-bond acceptors (Lipinski definition) is 2. The van der Waals surface area contributed by atoms with Gasteiger partial charge in [0.25, 0.3) is 0 Å². The molecule has 0 saturated carbocycles. The van der Waals surface area contributed by atoms with Crippen molar-refractivity contribution < 1.29 is 19.8 Å². The molecule has 0 aromatic carbocycles. The van der Waals surface area contributed by atoms with Gasteiger partial charge in [-0.25, -0.2) is 0 Å². The van der Waals surface area contributed by atoms with E-state index in [1.165, 1.54) is 11.1 Å². The van der Waals surface area contributed by atoms with Crippen LogP contribution in [0, 0.1) is 34.5 Å². The van der Waals surface area contributed by atoms with Crippen LogP contribution in [0.1, 0.15) is 92.9 Å². The van der Waals surface area contributed by atoms with E-state index in [0.29, 0.717) is 12.8 Å². The van der Waals surface area contributed by atoms with Gasteiger partial charge in [-0.3, -0.25) is 9.59 Å². The summed E-state index contributed by atoms with van der Waals surface area (Å²) < 4.78 is 0. The molecule has 6 atom stereocenters. The summed E-state index contributed by atoms with van der Waals surface area (Å²) >= 11 is 0. The average molecular weight is 471 g/mol. The van der Waals surface area contributed by atoms with Crippen LogP contribution in [0.25, 0.3) is 0 Å². The maximum absolute atomic E-state index is 11.5. The van der Waals surface area contributed by atoms with Crippen molar-refractivity contribution in [1.29, 1.82) is 0 Å². The Bertz CT molecular complexity index is 806. The molecule has 190 valence electrons. The van der Waals surface area contributed by atoms with Gasteiger partial charge in [-0.05, 0) is 101 Å². The summed E-state index contributed by atoms with van der Waals surface area (Å²) in [5, 5.41) is 18.9. The first kappa shape index (κ1) is 28.1. The number of aliphatic carboxylic acids is 2. The number of rotatable bonds is 11. The fourth-order valence-electron chi connectivity index (χ4n) is 7.38. The Kier molecular flexibility index (Phi) is 9.18. The zero-order valence-corrected chi connectivity index (χ0v) is 22.2. The fraction of sp³-hybridized carbons (Fsp3) is 0.667. The smallest absolute Gasteiger partial charge is 0.303 e. The second kappa shape index (κ2) is 11.1. The Hall–Kier alpha value is -2.10. The molecule has 4 heteroatoms. The standard InChI is InChI=1S/C30H46O4/c1-19(2)23-11-9-21(5)25(29(23,7)17-15-27(31)32)13-14-26-22(6)10-12-24(20(3)4)30(26,8)18-16-28(33)34/h9-10,23-26H,1,3,11-18H2,2,4-8H3,(H,31,32)(H,33,34)/t23-,24-,25-,26-,29-,30-/m0/s1. The predicted octanol–water partition coefficient (Wildman–Crippen LogP) is 7.83. The van der Waals surface area contributed by atoms with Gasteiger partial charge in [-0.15, -0.1) is 0 Å². The van der Waals surface area contributed by atoms with Crippen molar-refractivity contribution in [3.8, 4) is 0 Å². The molecule has 0 aromatic heterocycles. The third-order valence-electron chi connectivity index (χ3n) is 9.32. The van der Waals surface area contributed by atoms with Gasteiger partial charge in [0, 0.05) is 12.8 Å². The number of carboxylic acids is 2. The summed E-state index contributed by atoms with van der Waals surface area (Å²) in [7, 11) is 0. The Morgan fingerprint density at radius 1 is 0.824 bits per heavy atom. The highest BCUT2D eigenvalue weighted by molar-refractivity contribution is 5.67. The molecule has 2 aliphatic carbocycles. The maximum Gasteiger partial charge on any atom is 0.303 e. The monoisotopic (exact) mass is 470 g/mol. The molecule has 0 radical (unpaired) electrons. The molecule has 2 N–H and O–H groups in total. The van der Waals surface area contributed by atoms with E-state index < -0.39 is 11.9 Å². The highest BCUT2D eigenvalue weighted by Gasteiger charge is 2.47. The van der Waals surface area contributed by atoms with E-state index in [4.69, 9.17) is 0 Å². The first-order chi connectivity index (χ1) is 15.7. The molecule has 0 bridgehead atoms. The summed E-state index contributed by atoms with van der Waals surface area (Å²) in [6.07, 6.45) is 10.0. The molecule has 0 aromatic rings. The first-order valence-electron chi connectivity index (χ1n) is 12.8. The average Bonchev–Trinajstić information content (AvgIpc) is 2.72. The molecule has 2 rings (SSSR count). The van der Waals surface area contributed by atoms with E-state index in [9.17, 15) is 19.8 Å². The Balaban J connectivity index is 2.39. The highest BCUT2D eigenvalue weighted by Crippen LogP contribution is 2.56. The maximum atomic E-state index is 11.5. The van der Waals surface area contributed by atoms with Gasteiger partial charge in [0.2, 0.25) is 0 Å². The van der Waals surface area contributed by atoms with E-state index in [1.54, 1.807) is 0 Å². The molecule has 0 saturated heterocycles. The highest BCUT2D eigenvalue weighted by atomic mass is 16.4. The van der Waals surface area contributed by atoms with Crippen LogP contribution < -0.4 is 0 Å². The molecular formula is C30H46O4. The first-order valence-corrected chi connectivity index (χ1v) is 12.8. The summed E-state index contributed by atoms with van der Waals surface area (Å²) in [5.41, 5.74) is 4.66. The van der Waals surface area contributed by atoms with Crippen LogP contribution >= 0.6 is 0 Å². The molecule has 0 fully saturated rings. The van der Waals surface area contributed by atoms with Gasteiger partial charge in [0.1, 0.15) is 0 Å². The lowest BCUT2D eigenvalue weighted by molar-refractivity contribution is -0.139. The van der Waals surface area contributed by atoms with Crippen LogP contribution in [0.4, 0.5) is 0 Å². The third-order valence-corrected chi connectivity index (χ3v) is 9.32. The number of carbonyl (C=O) groups is 2. The normalized spacial score (nSPS) is 33.6. The fourth-order valence-corrected chi connectivity index (χ4v) is 7.38. The Labute approximate surface area is 206 Å². The molecule has 34 heavy (non-hydrogen) atoms. The van der Waals surface area contributed by atoms with E-state index in [0.717, 1.165) is 36.8 Å². The molecule has 2 aliphatic rings. The molecule has 0 amide bonds. The lowest BCUT2D eigenvalue weighted by Gasteiger charge is -2.51. The van der Waals surface area contributed by atoms with Gasteiger partial charge < -0.3 is 10.2 Å². The van der Waals surface area contributed by atoms with Crippen molar-refractivity contribution in [2.75, 3.05) is 0 Å². The van der Waals surface area contributed by atoms with Gasteiger partial charge >= 0.3 is 11.9 Å². The minimum atomic E-state index is -0.746. The van der Waals surface area contributed by atoms with Crippen LogP contribution in [0.5, 0.6) is 0 Å². The van der Waals surface area contributed by atoms with Crippen molar-refractivity contribution >= 4 is 11.9 Å². The van der Waals surface area contributed by atoms with Gasteiger partial charge in [0.15, 0.2) is 0 Å². The van der Waals surface area contributed by atoms with E-state index in [2.05, 4.69) is 66.9 Å². The van der Waals surface area contributed by atoms with Crippen molar-refractivity contribution in [2.45, 2.75) is 92.9 Å². The molecule has 0 unspecified atom stereocenters. The minimum Gasteiger partial charge on any atom is -0.481 e. The van der Waals surface area contributed by atoms with Gasteiger partial charge in [-0.2, -0.15) is 0 Å². The van der Waals surface area contributed by atoms with Crippen LogP contribution in [-0.2, 0) is 9.59 Å². The summed E-state index contributed by atoms with van der Waals surface area (Å²) in [4.78, 5) is 23.0. The number of allylic oxidation sites excluding steroid dienone is 6. The van der Waals surface area contributed by atoms with Crippen LogP contribution in [-0.4, -0.2) is 22.2 Å². The van der Waals surface area contributed by atoms with Crippen molar-refractivity contribution in [2.24, 2.45) is 34.5 Å². The van der Waals surface area contributed by atoms with E-state index >= 15 is 0 Å². The molecule has 4 nitrogen and oxygen atoms in total. The number of carboxylic acid groups (broad SMARTS) is 2. The topological polar surface area (TPSA) is 74.6 Å². The van der Waals surface area contributed by atoms with Crippen molar-refractivity contribution in [1.82, 2.24) is 0 Å². The third kappa shape index (κ3) is 5.93. The van der Waals surface area contributed by atoms with Gasteiger partial charge in [0.05, 0.1) is 0 Å². The van der Waals surface area contributed by atoms with Crippen LogP contribution in [0.15, 0.2) is 47.6 Å². The van der Waals surface area contributed by atoms with E-state index in [1.807, 2.05) is 0 Å². The summed E-state index contributed by atoms with van der Waals surface area (Å²) in [6, 6.07) is 0. The van der Waals surface area contributed by atoms with E-state index in [-0.39, 0.29) is 47.3 Å². The lowest BCUT2D eigenvalue weighted by Crippen LogP contribution is -2.42. The van der Waals surface area contributed by atoms with Crippen LogP contribution in [0.2, 0.25) is 0 Å². The summed E-state index contributed by atoms with van der Waals surface area (Å²) in [5.74, 6) is -0.392. The Morgan fingerprint density at radius 2 is 1.15 bits per heavy atom. The molecule has 0 spiro atoms. The molecule has 0 heterocycles. The lowest BCUT2D eigenvalue weighted by atomic mass is 9.53. The predicted molar refractivity (Wildman–Crippen MR) is 140 cm³/mol. The number of hydrogen-bond donors (Lipinski definition) is 2. The SMILES string of the molecule is C=C(C)[C@@H]1CC=C(C)[C@H](CC[C@H]2C(C)=CC[C@@H](C(=C)C)[C@]2(C)CCC(=O)O)[C@@]1(C)CCC(=O)O. The zero-order valence-electron chi connectivity index (χ0n) is 22.2. The van der Waals surface area contributed by atoms with Crippen molar-refractivity contribution in [3.63, 3.8) is 0 Å². The summed E-state index contributed by atoms with van der Waals surface area (Å²) in [6.45, 7) is 21.6. The zero-order chi connectivity index (χ0) is 25.8. The minimum absolute atomic E-state index is 0.152. The quantitative estimate of drug-likeness (QED) is 0.302. The molecule has 0 aliphatic heterocycles. The Morgan fingerprint density at radius 3 is 1.41 bits per heavy atom. The van der Waals surface area contributed by atoms with Gasteiger partial charge in [-0.1, -0.05) is 61.4 Å². The second-order valence-corrected chi connectivity index (χ2v) is 11.6. The van der Waals surface area contributed by atoms with Crippen LogP contribution in [0.3, 0.4) is 0 Å². The largest absolute Gasteiger partial charge is 0.481 e.